The summed E-state index contributed by atoms with van der Waals surface area (Å²) in [5.74, 6) is 0. The molecule has 0 saturated heterocycles. The minimum absolute atomic E-state index is 0.127. The number of aromatic nitrogens is 1. The molecule has 1 atom stereocenters. The predicted octanol–water partition coefficient (Wildman–Crippen LogP) is 2.22. The zero-order valence-electron chi connectivity index (χ0n) is 7.66. The third-order valence-electron chi connectivity index (χ3n) is 1.42. The number of hydrogen-bond acceptors (Lipinski definition) is 4. The molecular formula is C8H13ClN2OS. The molecule has 1 unspecified atom stereocenters. The maximum absolute atomic E-state index is 5.76. The molecule has 0 saturated carbocycles. The Morgan fingerprint density at radius 1 is 1.69 bits per heavy atom. The molecule has 0 aliphatic carbocycles. The monoisotopic (exact) mass is 220 g/mol. The van der Waals surface area contributed by atoms with E-state index < -0.39 is 0 Å². The normalized spacial score (nSPS) is 13.6. The Hall–Kier alpha value is -0.160. The lowest BCUT2D eigenvalue weighted by Crippen LogP contribution is -2.19. The first-order valence-corrected chi connectivity index (χ1v) is 5.29. The standard InChI is InChI=1S/C8H13ClN2OS/c1-5(2)12-6(3-10)8-11-4-7(9)13-8/h4-6H,3,10H2,1-2H3. The van der Waals surface area contributed by atoms with Gasteiger partial charge in [0.05, 0.1) is 12.3 Å². The van der Waals surface area contributed by atoms with Crippen molar-refractivity contribution in [1.82, 2.24) is 4.98 Å². The lowest BCUT2D eigenvalue weighted by Gasteiger charge is -2.15. The molecule has 13 heavy (non-hydrogen) atoms. The molecule has 74 valence electrons. The minimum Gasteiger partial charge on any atom is -0.367 e. The van der Waals surface area contributed by atoms with Gasteiger partial charge in [-0.25, -0.2) is 4.98 Å². The maximum Gasteiger partial charge on any atom is 0.124 e. The summed E-state index contributed by atoms with van der Waals surface area (Å²) in [5, 5.41) is 0.848. The van der Waals surface area contributed by atoms with E-state index in [9.17, 15) is 0 Å². The summed E-state index contributed by atoms with van der Waals surface area (Å²) in [6, 6.07) is 0. The second-order valence-corrected chi connectivity index (χ2v) is 4.61. The van der Waals surface area contributed by atoms with Crippen LogP contribution in [-0.4, -0.2) is 17.6 Å². The predicted molar refractivity (Wildman–Crippen MR) is 55.1 cm³/mol. The largest absolute Gasteiger partial charge is 0.367 e. The molecule has 1 rings (SSSR count). The summed E-state index contributed by atoms with van der Waals surface area (Å²) in [4.78, 5) is 4.12. The van der Waals surface area contributed by atoms with Gasteiger partial charge in [-0.2, -0.15) is 0 Å². The van der Waals surface area contributed by atoms with E-state index in [0.717, 1.165) is 5.01 Å². The van der Waals surface area contributed by atoms with Crippen molar-refractivity contribution in [2.24, 2.45) is 5.73 Å². The smallest absolute Gasteiger partial charge is 0.124 e. The van der Waals surface area contributed by atoms with Gasteiger partial charge in [0.2, 0.25) is 0 Å². The first kappa shape index (κ1) is 10.9. The summed E-state index contributed by atoms with van der Waals surface area (Å²) in [5.41, 5.74) is 5.56. The number of hydrogen-bond donors (Lipinski definition) is 1. The van der Waals surface area contributed by atoms with Crippen LogP contribution in [0.3, 0.4) is 0 Å². The lowest BCUT2D eigenvalue weighted by molar-refractivity contribution is 0.0118. The van der Waals surface area contributed by atoms with E-state index in [1.807, 2.05) is 13.8 Å². The van der Waals surface area contributed by atoms with Crippen LogP contribution in [0.5, 0.6) is 0 Å². The maximum atomic E-state index is 5.76. The first-order chi connectivity index (χ1) is 6.13. The SMILES string of the molecule is CC(C)OC(CN)c1ncc(Cl)s1. The van der Waals surface area contributed by atoms with Crippen LogP contribution in [0.25, 0.3) is 0 Å². The summed E-state index contributed by atoms with van der Waals surface area (Å²) in [7, 11) is 0. The molecule has 0 spiro atoms. The molecule has 0 aliphatic rings. The second kappa shape index (κ2) is 4.91. The average molecular weight is 221 g/mol. The Balaban J connectivity index is 2.66. The van der Waals surface area contributed by atoms with Crippen LogP contribution in [0.2, 0.25) is 4.34 Å². The van der Waals surface area contributed by atoms with E-state index in [1.165, 1.54) is 11.3 Å². The Morgan fingerprint density at radius 2 is 2.38 bits per heavy atom. The highest BCUT2D eigenvalue weighted by molar-refractivity contribution is 7.15. The molecule has 0 aliphatic heterocycles. The zero-order chi connectivity index (χ0) is 9.84. The van der Waals surface area contributed by atoms with Gasteiger partial charge >= 0.3 is 0 Å². The minimum atomic E-state index is -0.127. The van der Waals surface area contributed by atoms with Gasteiger partial charge in [-0.1, -0.05) is 11.6 Å². The van der Waals surface area contributed by atoms with Crippen molar-refractivity contribution in [2.75, 3.05) is 6.54 Å². The van der Waals surface area contributed by atoms with Crippen LogP contribution in [0.4, 0.5) is 0 Å². The van der Waals surface area contributed by atoms with Crippen molar-refractivity contribution in [3.63, 3.8) is 0 Å². The van der Waals surface area contributed by atoms with Crippen molar-refractivity contribution in [3.8, 4) is 0 Å². The highest BCUT2D eigenvalue weighted by atomic mass is 35.5. The molecule has 0 bridgehead atoms. The molecule has 0 radical (unpaired) electrons. The topological polar surface area (TPSA) is 48.1 Å². The molecule has 0 aromatic carbocycles. The third-order valence-corrected chi connectivity index (χ3v) is 2.63. The van der Waals surface area contributed by atoms with E-state index >= 15 is 0 Å². The van der Waals surface area contributed by atoms with Crippen molar-refractivity contribution >= 4 is 22.9 Å². The van der Waals surface area contributed by atoms with E-state index in [-0.39, 0.29) is 12.2 Å². The van der Waals surface area contributed by atoms with Crippen molar-refractivity contribution in [3.05, 3.63) is 15.5 Å². The number of halogens is 1. The van der Waals surface area contributed by atoms with E-state index in [1.54, 1.807) is 6.20 Å². The second-order valence-electron chi connectivity index (χ2n) is 2.91. The molecule has 2 N–H and O–H groups in total. The van der Waals surface area contributed by atoms with Gasteiger partial charge in [-0.15, -0.1) is 11.3 Å². The van der Waals surface area contributed by atoms with Gasteiger partial charge < -0.3 is 10.5 Å². The number of ether oxygens (including phenoxy) is 1. The molecule has 5 heteroatoms. The van der Waals surface area contributed by atoms with Gasteiger partial charge in [0.25, 0.3) is 0 Å². The van der Waals surface area contributed by atoms with Crippen LogP contribution in [0.1, 0.15) is 25.0 Å². The molecular weight excluding hydrogens is 208 g/mol. The van der Waals surface area contributed by atoms with Gasteiger partial charge in [0.1, 0.15) is 15.4 Å². The molecule has 1 aromatic heterocycles. The summed E-state index contributed by atoms with van der Waals surface area (Å²) in [6.45, 7) is 4.37. The molecule has 3 nitrogen and oxygen atoms in total. The van der Waals surface area contributed by atoms with Gasteiger partial charge in [-0.3, -0.25) is 0 Å². The Kier molecular flexibility index (Phi) is 4.12. The third kappa shape index (κ3) is 3.23. The van der Waals surface area contributed by atoms with Crippen LogP contribution in [0, 0.1) is 0 Å². The Morgan fingerprint density at radius 3 is 2.77 bits per heavy atom. The highest BCUT2D eigenvalue weighted by Crippen LogP contribution is 2.26. The quantitative estimate of drug-likeness (QED) is 0.847. The summed E-state index contributed by atoms with van der Waals surface area (Å²) >= 11 is 7.17. The van der Waals surface area contributed by atoms with Crippen molar-refractivity contribution < 1.29 is 4.74 Å². The Labute approximate surface area is 86.9 Å². The van der Waals surface area contributed by atoms with Crippen LogP contribution in [0.15, 0.2) is 6.20 Å². The Bertz CT molecular complexity index is 264. The van der Waals surface area contributed by atoms with Gasteiger partial charge in [0.15, 0.2) is 0 Å². The molecule has 0 amide bonds. The van der Waals surface area contributed by atoms with Gasteiger partial charge in [0, 0.05) is 6.54 Å². The average Bonchev–Trinajstić information content (AvgIpc) is 2.47. The van der Waals surface area contributed by atoms with Crippen molar-refractivity contribution in [2.45, 2.75) is 26.1 Å². The van der Waals surface area contributed by atoms with E-state index in [0.29, 0.717) is 10.9 Å². The lowest BCUT2D eigenvalue weighted by atomic mass is 10.3. The van der Waals surface area contributed by atoms with E-state index in [2.05, 4.69) is 4.98 Å². The number of nitrogens with two attached hydrogens (primary N) is 1. The fourth-order valence-electron chi connectivity index (χ4n) is 0.959. The molecule has 0 fully saturated rings. The number of rotatable bonds is 4. The summed E-state index contributed by atoms with van der Waals surface area (Å²) < 4.78 is 6.23. The summed E-state index contributed by atoms with van der Waals surface area (Å²) in [6.07, 6.45) is 1.64. The highest BCUT2D eigenvalue weighted by Gasteiger charge is 2.15. The molecule has 1 aromatic rings. The van der Waals surface area contributed by atoms with Crippen LogP contribution in [-0.2, 0) is 4.74 Å². The van der Waals surface area contributed by atoms with Crippen molar-refractivity contribution in [1.29, 1.82) is 0 Å². The van der Waals surface area contributed by atoms with Crippen LogP contribution >= 0.6 is 22.9 Å². The zero-order valence-corrected chi connectivity index (χ0v) is 9.23. The van der Waals surface area contributed by atoms with E-state index in [4.69, 9.17) is 22.1 Å². The van der Waals surface area contributed by atoms with Crippen LogP contribution < -0.4 is 5.73 Å². The first-order valence-electron chi connectivity index (χ1n) is 4.10. The number of nitrogens with zero attached hydrogens (tertiary/aromatic N) is 1. The van der Waals surface area contributed by atoms with Gasteiger partial charge in [-0.05, 0) is 13.8 Å². The fourth-order valence-corrected chi connectivity index (χ4v) is 1.94. The molecule has 1 heterocycles. The number of thiazole rings is 1. The fraction of sp³-hybridized carbons (Fsp3) is 0.625.